The molecule has 0 aliphatic heterocycles. The van der Waals surface area contributed by atoms with E-state index in [4.69, 9.17) is 10.1 Å². The lowest BCUT2D eigenvalue weighted by atomic mass is 10.0. The highest BCUT2D eigenvalue weighted by molar-refractivity contribution is 5.93. The quantitative estimate of drug-likeness (QED) is 0.462. The molecule has 0 atom stereocenters. The smallest absolute Gasteiger partial charge is 0.478 e. The van der Waals surface area contributed by atoms with Crippen LogP contribution in [0, 0.1) is 11.2 Å². The van der Waals surface area contributed by atoms with Crippen LogP contribution in [0.5, 0.6) is 5.75 Å². The van der Waals surface area contributed by atoms with Crippen LogP contribution in [-0.2, 0) is 4.74 Å². The molecule has 0 aliphatic carbocycles. The monoisotopic (exact) mass is 363 g/mol. The lowest BCUT2D eigenvalue weighted by Gasteiger charge is -2.14. The molecular formula is C16H14ClF4NO2. The van der Waals surface area contributed by atoms with Crippen LogP contribution in [0.15, 0.2) is 42.5 Å². The van der Waals surface area contributed by atoms with Crippen LogP contribution < -0.4 is 4.74 Å². The van der Waals surface area contributed by atoms with Crippen LogP contribution >= 0.6 is 12.4 Å². The van der Waals surface area contributed by atoms with Gasteiger partial charge in [0, 0.05) is 16.7 Å². The topological polar surface area (TPSA) is 42.3 Å². The largest absolute Gasteiger partial charge is 0.573 e. The summed E-state index contributed by atoms with van der Waals surface area (Å²) >= 11 is 0. The number of benzene rings is 2. The van der Waals surface area contributed by atoms with Gasteiger partial charge in [-0.2, -0.15) is 0 Å². The van der Waals surface area contributed by atoms with E-state index in [1.807, 2.05) is 0 Å². The van der Waals surface area contributed by atoms with Crippen molar-refractivity contribution in [2.45, 2.75) is 13.3 Å². The zero-order chi connectivity index (χ0) is 17.0. The number of halogens is 5. The molecule has 3 nitrogen and oxygen atoms in total. The summed E-state index contributed by atoms with van der Waals surface area (Å²) in [5, 5.41) is 7.70. The number of nitrogens with one attached hydrogen (secondary N) is 1. The maximum Gasteiger partial charge on any atom is 0.573 e. The van der Waals surface area contributed by atoms with E-state index in [1.165, 1.54) is 30.3 Å². The number of hydrogen-bond donors (Lipinski definition) is 1. The summed E-state index contributed by atoms with van der Waals surface area (Å²) in [6.07, 6.45) is -4.89. The molecule has 0 radical (unpaired) electrons. The molecule has 24 heavy (non-hydrogen) atoms. The van der Waals surface area contributed by atoms with Crippen molar-refractivity contribution in [2.75, 3.05) is 6.61 Å². The van der Waals surface area contributed by atoms with E-state index in [2.05, 4.69) is 4.74 Å². The Bertz CT molecular complexity index is 719. The van der Waals surface area contributed by atoms with E-state index < -0.39 is 17.9 Å². The summed E-state index contributed by atoms with van der Waals surface area (Å²) in [5.74, 6) is -1.43. The van der Waals surface area contributed by atoms with E-state index >= 15 is 0 Å². The highest BCUT2D eigenvalue weighted by atomic mass is 35.5. The lowest BCUT2D eigenvalue weighted by molar-refractivity contribution is -0.274. The van der Waals surface area contributed by atoms with Gasteiger partial charge in [-0.25, -0.2) is 4.39 Å². The molecule has 0 saturated heterocycles. The van der Waals surface area contributed by atoms with Gasteiger partial charge in [-0.3, -0.25) is 5.41 Å². The van der Waals surface area contributed by atoms with Gasteiger partial charge in [-0.05, 0) is 31.2 Å². The number of hydrogen-bond acceptors (Lipinski definition) is 3. The minimum atomic E-state index is -4.89. The van der Waals surface area contributed by atoms with Crippen molar-refractivity contribution in [3.63, 3.8) is 0 Å². The van der Waals surface area contributed by atoms with E-state index in [1.54, 1.807) is 6.92 Å². The summed E-state index contributed by atoms with van der Waals surface area (Å²) in [4.78, 5) is 0. The first-order valence-electron chi connectivity index (χ1n) is 6.68. The Morgan fingerprint density at radius 2 is 1.75 bits per heavy atom. The van der Waals surface area contributed by atoms with Gasteiger partial charge in [0.15, 0.2) is 0 Å². The van der Waals surface area contributed by atoms with Crippen molar-refractivity contribution in [1.82, 2.24) is 0 Å². The highest BCUT2D eigenvalue weighted by Crippen LogP contribution is 2.35. The maximum atomic E-state index is 14.1. The average molecular weight is 364 g/mol. The van der Waals surface area contributed by atoms with Gasteiger partial charge in [-0.15, -0.1) is 25.6 Å². The van der Waals surface area contributed by atoms with Crippen LogP contribution in [0.4, 0.5) is 17.6 Å². The molecule has 0 saturated carbocycles. The second-order valence-electron chi connectivity index (χ2n) is 4.50. The van der Waals surface area contributed by atoms with E-state index in [9.17, 15) is 17.6 Å². The molecule has 1 N–H and O–H groups in total. The first-order valence-corrected chi connectivity index (χ1v) is 6.68. The molecular weight excluding hydrogens is 350 g/mol. The van der Waals surface area contributed by atoms with Crippen LogP contribution in [0.1, 0.15) is 12.5 Å². The molecule has 0 spiro atoms. The zero-order valence-electron chi connectivity index (χ0n) is 12.5. The molecule has 0 fully saturated rings. The Morgan fingerprint density at radius 1 is 1.08 bits per heavy atom. The highest BCUT2D eigenvalue weighted by Gasteiger charge is 2.32. The van der Waals surface area contributed by atoms with Crippen molar-refractivity contribution >= 4 is 18.3 Å². The van der Waals surface area contributed by atoms with Crippen LogP contribution in [0.25, 0.3) is 11.1 Å². The number of ether oxygens (including phenoxy) is 2. The molecule has 0 heterocycles. The predicted molar refractivity (Wildman–Crippen MR) is 84.2 cm³/mol. The molecule has 2 aromatic carbocycles. The third kappa shape index (κ3) is 4.86. The molecule has 0 amide bonds. The molecule has 2 rings (SSSR count). The SMILES string of the molecule is CCOC(=N)c1ccc(F)c(-c2ccccc2OC(F)(F)F)c1.Cl. The minimum absolute atomic E-state index is 0. The van der Waals surface area contributed by atoms with E-state index in [-0.39, 0.29) is 41.6 Å². The fraction of sp³-hybridized carbons (Fsp3) is 0.188. The van der Waals surface area contributed by atoms with Gasteiger partial charge in [0.25, 0.3) is 0 Å². The Hall–Kier alpha value is -2.28. The number of rotatable bonds is 4. The zero-order valence-corrected chi connectivity index (χ0v) is 13.3. The van der Waals surface area contributed by atoms with Gasteiger partial charge in [-0.1, -0.05) is 18.2 Å². The summed E-state index contributed by atoms with van der Waals surface area (Å²) in [6.45, 7) is 1.94. The normalized spacial score (nSPS) is 10.7. The van der Waals surface area contributed by atoms with Crippen molar-refractivity contribution in [1.29, 1.82) is 5.41 Å². The van der Waals surface area contributed by atoms with Crippen molar-refractivity contribution < 1.29 is 27.0 Å². The molecule has 0 aromatic heterocycles. The average Bonchev–Trinajstić information content (AvgIpc) is 2.47. The van der Waals surface area contributed by atoms with Crippen molar-refractivity contribution in [3.05, 3.63) is 53.8 Å². The van der Waals surface area contributed by atoms with Crippen molar-refractivity contribution in [2.24, 2.45) is 0 Å². The predicted octanol–water partition coefficient (Wildman–Crippen LogP) is 5.17. The van der Waals surface area contributed by atoms with Crippen molar-refractivity contribution in [3.8, 4) is 16.9 Å². The third-order valence-corrected chi connectivity index (χ3v) is 2.92. The first kappa shape index (κ1) is 19.8. The van der Waals surface area contributed by atoms with Gasteiger partial charge in [0.1, 0.15) is 11.6 Å². The summed E-state index contributed by atoms with van der Waals surface area (Å²) in [5.41, 5.74) is 0.0883. The van der Waals surface area contributed by atoms with E-state index in [0.717, 1.165) is 12.1 Å². The Labute approximate surface area is 142 Å². The summed E-state index contributed by atoms with van der Waals surface area (Å²) < 4.78 is 60.5. The van der Waals surface area contributed by atoms with Gasteiger partial charge < -0.3 is 9.47 Å². The first-order chi connectivity index (χ1) is 10.8. The van der Waals surface area contributed by atoms with Gasteiger partial charge in [0.05, 0.1) is 6.61 Å². The maximum absolute atomic E-state index is 14.1. The van der Waals surface area contributed by atoms with Crippen LogP contribution in [0.2, 0.25) is 0 Å². The Kier molecular flexibility index (Phi) is 6.60. The number of para-hydroxylation sites is 1. The molecule has 8 heteroatoms. The standard InChI is InChI=1S/C16H13F4NO2.ClH/c1-2-22-15(21)10-7-8-13(17)12(9-10)11-5-3-4-6-14(11)23-16(18,19)20;/h3-9,21H,2H2,1H3;1H. The summed E-state index contributed by atoms with van der Waals surface area (Å²) in [6, 6.07) is 8.89. The molecule has 130 valence electrons. The third-order valence-electron chi connectivity index (χ3n) is 2.92. The van der Waals surface area contributed by atoms with Gasteiger partial charge >= 0.3 is 6.36 Å². The second kappa shape index (κ2) is 8.01. The Balaban J connectivity index is 0.00000288. The second-order valence-corrected chi connectivity index (χ2v) is 4.50. The van der Waals surface area contributed by atoms with Gasteiger partial charge in [0.2, 0.25) is 5.90 Å². The fourth-order valence-corrected chi connectivity index (χ4v) is 2.00. The fourth-order valence-electron chi connectivity index (χ4n) is 2.00. The molecule has 0 bridgehead atoms. The molecule has 2 aromatic rings. The van der Waals surface area contributed by atoms with Crippen LogP contribution in [-0.4, -0.2) is 18.9 Å². The lowest BCUT2D eigenvalue weighted by Crippen LogP contribution is -2.17. The van der Waals surface area contributed by atoms with Crippen LogP contribution in [0.3, 0.4) is 0 Å². The Morgan fingerprint density at radius 3 is 2.38 bits per heavy atom. The minimum Gasteiger partial charge on any atom is -0.478 e. The van der Waals surface area contributed by atoms with E-state index in [0.29, 0.717) is 0 Å². The molecule has 0 aliphatic rings. The summed E-state index contributed by atoms with van der Waals surface area (Å²) in [7, 11) is 0. The molecule has 0 unspecified atom stereocenters. The number of alkyl halides is 3.